The molecule has 10 nitrogen and oxygen atoms in total. The highest BCUT2D eigenvalue weighted by Crippen LogP contribution is 2.30. The van der Waals surface area contributed by atoms with Crippen LogP contribution < -0.4 is 10.1 Å². The fraction of sp³-hybridized carbons (Fsp3) is 0.600. The molecule has 0 aliphatic carbocycles. The molecule has 1 aromatic rings. The standard InChI is InChI=1S/C18H28ClN3O5S.C2HF3O2/c1-26-13-3-9-22(10-6-18(23)21-11-7-20-8-12-21)28(24,25)17-14-15(19)4-5-16(17)27-2;3-2(4,5)1(6)7/h4-5,14,20H,3,6-13H2,1-2H3;(H,6,7). The number of methoxy groups -OCH3 is 2. The van der Waals surface area contributed by atoms with Gasteiger partial charge in [-0.2, -0.15) is 17.5 Å². The lowest BCUT2D eigenvalue weighted by Crippen LogP contribution is -2.47. The van der Waals surface area contributed by atoms with E-state index in [0.717, 1.165) is 13.1 Å². The zero-order valence-electron chi connectivity index (χ0n) is 19.3. The Kier molecular flexibility index (Phi) is 12.7. The first-order valence-corrected chi connectivity index (χ1v) is 12.3. The van der Waals surface area contributed by atoms with Gasteiger partial charge in [-0.05, 0) is 24.6 Å². The molecule has 0 bridgehead atoms. The van der Waals surface area contributed by atoms with Crippen molar-refractivity contribution in [3.8, 4) is 5.75 Å². The fourth-order valence-corrected chi connectivity index (χ4v) is 4.92. The van der Waals surface area contributed by atoms with E-state index in [1.54, 1.807) is 18.1 Å². The van der Waals surface area contributed by atoms with Gasteiger partial charge in [0.25, 0.3) is 0 Å². The SMILES string of the molecule is COCCCN(CCC(=O)N1CCNCC1)S(=O)(=O)c1cc(Cl)ccc1OC.O=C(O)C(F)(F)F. The van der Waals surface area contributed by atoms with E-state index in [1.165, 1.54) is 23.5 Å². The van der Waals surface area contributed by atoms with E-state index in [0.29, 0.717) is 31.1 Å². The van der Waals surface area contributed by atoms with Crippen molar-refractivity contribution in [1.82, 2.24) is 14.5 Å². The van der Waals surface area contributed by atoms with E-state index < -0.39 is 22.2 Å². The number of ether oxygens (including phenoxy) is 2. The highest BCUT2D eigenvalue weighted by Gasteiger charge is 2.38. The monoisotopic (exact) mass is 547 g/mol. The van der Waals surface area contributed by atoms with Crippen molar-refractivity contribution in [3.63, 3.8) is 0 Å². The number of hydrogen-bond acceptors (Lipinski definition) is 7. The summed E-state index contributed by atoms with van der Waals surface area (Å²) >= 11 is 6.02. The number of alkyl halides is 3. The van der Waals surface area contributed by atoms with Gasteiger partial charge in [-0.15, -0.1) is 0 Å². The van der Waals surface area contributed by atoms with E-state index in [-0.39, 0.29) is 36.1 Å². The van der Waals surface area contributed by atoms with Crippen molar-refractivity contribution >= 4 is 33.5 Å². The van der Waals surface area contributed by atoms with Gasteiger partial charge >= 0.3 is 12.1 Å². The van der Waals surface area contributed by atoms with Gasteiger partial charge in [-0.3, -0.25) is 4.79 Å². The number of carbonyl (C=O) groups is 2. The fourth-order valence-electron chi connectivity index (χ4n) is 3.02. The molecule has 1 amide bonds. The van der Waals surface area contributed by atoms with E-state index >= 15 is 0 Å². The number of carboxylic acid groups (broad SMARTS) is 1. The van der Waals surface area contributed by atoms with Crippen molar-refractivity contribution in [3.05, 3.63) is 23.2 Å². The van der Waals surface area contributed by atoms with Gasteiger partial charge in [0.1, 0.15) is 10.6 Å². The number of nitrogens with zero attached hydrogens (tertiary/aromatic N) is 2. The predicted octanol–water partition coefficient (Wildman–Crippen LogP) is 1.83. The molecule has 0 radical (unpaired) electrons. The summed E-state index contributed by atoms with van der Waals surface area (Å²) in [6.07, 6.45) is -4.45. The molecule has 0 saturated carbocycles. The molecule has 2 N–H and O–H groups in total. The molecule has 1 aliphatic heterocycles. The average molecular weight is 548 g/mol. The van der Waals surface area contributed by atoms with Crippen LogP contribution in [0.4, 0.5) is 13.2 Å². The quantitative estimate of drug-likeness (QED) is 0.425. The number of rotatable bonds is 10. The number of amides is 1. The highest BCUT2D eigenvalue weighted by atomic mass is 35.5. The van der Waals surface area contributed by atoms with Crippen LogP contribution in [0.3, 0.4) is 0 Å². The highest BCUT2D eigenvalue weighted by molar-refractivity contribution is 7.89. The number of carboxylic acids is 1. The molecule has 15 heteroatoms. The first-order chi connectivity index (χ1) is 16.3. The molecule has 0 aromatic heterocycles. The Morgan fingerprint density at radius 2 is 1.80 bits per heavy atom. The topological polar surface area (TPSA) is 125 Å². The number of carbonyl (C=O) groups excluding carboxylic acids is 1. The molecule has 1 saturated heterocycles. The Bertz CT molecular complexity index is 942. The van der Waals surface area contributed by atoms with Crippen LogP contribution in [0.1, 0.15) is 12.8 Å². The third-order valence-electron chi connectivity index (χ3n) is 4.79. The Balaban J connectivity index is 0.000000762. The maximum absolute atomic E-state index is 13.3. The van der Waals surface area contributed by atoms with E-state index in [1.807, 2.05) is 0 Å². The van der Waals surface area contributed by atoms with Crippen LogP contribution in [0.5, 0.6) is 5.75 Å². The second-order valence-corrected chi connectivity index (χ2v) is 9.57. The van der Waals surface area contributed by atoms with E-state index in [9.17, 15) is 26.4 Å². The lowest BCUT2D eigenvalue weighted by atomic mass is 10.3. The molecule has 0 atom stereocenters. The number of sulfonamides is 1. The molecule has 2 rings (SSSR count). The van der Waals surface area contributed by atoms with Gasteiger partial charge in [0.2, 0.25) is 15.9 Å². The van der Waals surface area contributed by atoms with Crippen LogP contribution in [0.2, 0.25) is 5.02 Å². The van der Waals surface area contributed by atoms with Crippen LogP contribution in [-0.2, 0) is 24.3 Å². The van der Waals surface area contributed by atoms with Gasteiger partial charge < -0.3 is 24.8 Å². The second-order valence-electron chi connectivity index (χ2n) is 7.23. The van der Waals surface area contributed by atoms with Crippen molar-refractivity contribution in [2.24, 2.45) is 0 Å². The van der Waals surface area contributed by atoms with Crippen LogP contribution in [-0.4, -0.2) is 101 Å². The van der Waals surface area contributed by atoms with Crippen molar-refractivity contribution in [2.45, 2.75) is 23.9 Å². The normalized spacial score (nSPS) is 14.3. The number of halogens is 4. The third-order valence-corrected chi connectivity index (χ3v) is 6.94. The van der Waals surface area contributed by atoms with Crippen LogP contribution in [0.15, 0.2) is 23.1 Å². The third kappa shape index (κ3) is 10.2. The summed E-state index contributed by atoms with van der Waals surface area (Å²) in [5.74, 6) is -2.59. The Labute approximate surface area is 207 Å². The molecule has 0 unspecified atom stereocenters. The van der Waals surface area contributed by atoms with Crippen molar-refractivity contribution in [2.75, 3.05) is 60.1 Å². The lowest BCUT2D eigenvalue weighted by Gasteiger charge is -2.29. The van der Waals surface area contributed by atoms with Crippen LogP contribution in [0, 0.1) is 0 Å². The zero-order valence-corrected chi connectivity index (χ0v) is 20.9. The molecule has 1 fully saturated rings. The van der Waals surface area contributed by atoms with Crippen molar-refractivity contribution in [1.29, 1.82) is 0 Å². The summed E-state index contributed by atoms with van der Waals surface area (Å²) in [6, 6.07) is 4.47. The maximum Gasteiger partial charge on any atom is 0.490 e. The minimum absolute atomic E-state index is 0.00506. The summed E-state index contributed by atoms with van der Waals surface area (Å²) in [4.78, 5) is 23.1. The molecule has 0 spiro atoms. The Morgan fingerprint density at radius 1 is 1.20 bits per heavy atom. The summed E-state index contributed by atoms with van der Waals surface area (Å²) < 4.78 is 69.8. The summed E-state index contributed by atoms with van der Waals surface area (Å²) in [6.45, 7) is 3.52. The molecular formula is C20H29ClF3N3O7S. The van der Waals surface area contributed by atoms with Gasteiger partial charge in [-0.1, -0.05) is 11.6 Å². The number of benzene rings is 1. The first kappa shape index (κ1) is 30.9. The minimum atomic E-state index is -5.08. The van der Waals surface area contributed by atoms with Gasteiger partial charge in [0.05, 0.1) is 7.11 Å². The first-order valence-electron chi connectivity index (χ1n) is 10.5. The summed E-state index contributed by atoms with van der Waals surface area (Å²) in [5.41, 5.74) is 0. The van der Waals surface area contributed by atoms with E-state index in [2.05, 4.69) is 5.32 Å². The zero-order chi connectivity index (χ0) is 26.6. The minimum Gasteiger partial charge on any atom is -0.495 e. The van der Waals surface area contributed by atoms with Gasteiger partial charge in [0.15, 0.2) is 0 Å². The largest absolute Gasteiger partial charge is 0.495 e. The Hall–Kier alpha value is -2.13. The Morgan fingerprint density at radius 3 is 2.31 bits per heavy atom. The molecule has 1 aliphatic rings. The average Bonchev–Trinajstić information content (AvgIpc) is 2.81. The number of hydrogen-bond donors (Lipinski definition) is 2. The summed E-state index contributed by atoms with van der Waals surface area (Å²) in [7, 11) is -0.918. The summed E-state index contributed by atoms with van der Waals surface area (Å²) in [5, 5.41) is 10.6. The predicted molar refractivity (Wildman–Crippen MR) is 121 cm³/mol. The lowest BCUT2D eigenvalue weighted by molar-refractivity contribution is -0.192. The molecular weight excluding hydrogens is 519 g/mol. The molecule has 1 heterocycles. The number of piperazine rings is 1. The number of nitrogens with one attached hydrogen (secondary N) is 1. The second kappa shape index (κ2) is 14.4. The molecule has 35 heavy (non-hydrogen) atoms. The van der Waals surface area contributed by atoms with Gasteiger partial charge in [-0.25, -0.2) is 13.2 Å². The smallest absolute Gasteiger partial charge is 0.490 e. The molecule has 1 aromatic carbocycles. The van der Waals surface area contributed by atoms with E-state index in [4.69, 9.17) is 31.0 Å². The maximum atomic E-state index is 13.3. The number of aliphatic carboxylic acids is 1. The molecule has 200 valence electrons. The van der Waals surface area contributed by atoms with Crippen LogP contribution in [0.25, 0.3) is 0 Å². The van der Waals surface area contributed by atoms with Gasteiger partial charge in [0, 0.05) is 64.4 Å². The van der Waals surface area contributed by atoms with Crippen LogP contribution >= 0.6 is 11.6 Å². The van der Waals surface area contributed by atoms with Crippen molar-refractivity contribution < 1.29 is 45.8 Å².